The summed E-state index contributed by atoms with van der Waals surface area (Å²) in [4.78, 5) is 5.94. The lowest BCUT2D eigenvalue weighted by Gasteiger charge is -2.24. The number of fused-ring (bicyclic) bond motifs is 1. The largest absolute Gasteiger partial charge is 0.507 e. The molecule has 118 valence electrons. The Morgan fingerprint density at radius 1 is 1.09 bits per heavy atom. The van der Waals surface area contributed by atoms with Gasteiger partial charge in [0.1, 0.15) is 30.9 Å². The molecule has 2 aromatic carbocycles. The molecule has 23 heavy (non-hydrogen) atoms. The number of para-hydroxylation sites is 2. The van der Waals surface area contributed by atoms with E-state index in [-0.39, 0.29) is 0 Å². The quantitative estimate of drug-likeness (QED) is 0.771. The molecule has 1 aliphatic heterocycles. The van der Waals surface area contributed by atoms with Crippen LogP contribution < -0.4 is 4.90 Å². The van der Waals surface area contributed by atoms with Crippen molar-refractivity contribution in [3.8, 4) is 17.2 Å². The molecular formula is C18H19N2O3+. The van der Waals surface area contributed by atoms with Crippen molar-refractivity contribution in [3.05, 3.63) is 48.0 Å². The summed E-state index contributed by atoms with van der Waals surface area (Å²) in [5, 5.41) is 10.2. The number of morpholine rings is 1. The molecule has 1 fully saturated rings. The first kappa shape index (κ1) is 14.2. The van der Waals surface area contributed by atoms with Crippen molar-refractivity contribution in [1.82, 2.24) is 4.98 Å². The number of aromatic hydroxyl groups is 1. The van der Waals surface area contributed by atoms with Crippen LogP contribution in [0.2, 0.25) is 0 Å². The van der Waals surface area contributed by atoms with Gasteiger partial charge < -0.3 is 19.2 Å². The van der Waals surface area contributed by atoms with E-state index >= 15 is 0 Å². The van der Waals surface area contributed by atoms with Crippen molar-refractivity contribution >= 4 is 11.1 Å². The number of phenolic OH excluding ortho intramolecular Hbond substituents is 1. The fourth-order valence-electron chi connectivity index (χ4n) is 2.96. The van der Waals surface area contributed by atoms with Crippen molar-refractivity contribution in [2.75, 3.05) is 26.3 Å². The van der Waals surface area contributed by atoms with Gasteiger partial charge in [0.05, 0.1) is 13.2 Å². The van der Waals surface area contributed by atoms with Gasteiger partial charge in [-0.3, -0.25) is 0 Å². The van der Waals surface area contributed by atoms with Crippen LogP contribution in [-0.2, 0) is 11.3 Å². The lowest BCUT2D eigenvalue weighted by Crippen LogP contribution is -3.12. The molecule has 0 unspecified atom stereocenters. The van der Waals surface area contributed by atoms with Crippen LogP contribution in [0.5, 0.6) is 5.75 Å². The average molecular weight is 311 g/mol. The third kappa shape index (κ3) is 2.93. The first-order valence-electron chi connectivity index (χ1n) is 7.89. The highest BCUT2D eigenvalue weighted by atomic mass is 16.5. The SMILES string of the molecule is Oc1ccc(-c2nc3ccccc3o2)cc1C[NH+]1CCOCC1. The fourth-order valence-corrected chi connectivity index (χ4v) is 2.96. The lowest BCUT2D eigenvalue weighted by molar-refractivity contribution is -0.921. The number of hydrogen-bond donors (Lipinski definition) is 2. The predicted molar refractivity (Wildman–Crippen MR) is 86.3 cm³/mol. The van der Waals surface area contributed by atoms with Crippen molar-refractivity contribution in [2.45, 2.75) is 6.54 Å². The van der Waals surface area contributed by atoms with Gasteiger partial charge in [-0.05, 0) is 30.3 Å². The van der Waals surface area contributed by atoms with Crippen LogP contribution in [0.1, 0.15) is 5.56 Å². The van der Waals surface area contributed by atoms with Gasteiger partial charge in [0, 0.05) is 11.1 Å². The Morgan fingerprint density at radius 3 is 2.74 bits per heavy atom. The molecule has 5 heteroatoms. The fraction of sp³-hybridized carbons (Fsp3) is 0.278. The minimum absolute atomic E-state index is 0.323. The minimum Gasteiger partial charge on any atom is -0.507 e. The van der Waals surface area contributed by atoms with E-state index < -0.39 is 0 Å². The van der Waals surface area contributed by atoms with E-state index in [1.54, 1.807) is 6.07 Å². The Labute approximate surface area is 134 Å². The maximum Gasteiger partial charge on any atom is 0.227 e. The van der Waals surface area contributed by atoms with Crippen LogP contribution in [-0.4, -0.2) is 36.4 Å². The molecule has 0 radical (unpaired) electrons. The Bertz CT molecular complexity index is 789. The number of nitrogens with zero attached hydrogens (tertiary/aromatic N) is 1. The van der Waals surface area contributed by atoms with Gasteiger partial charge in [-0.1, -0.05) is 12.1 Å². The second-order valence-electron chi connectivity index (χ2n) is 5.87. The molecule has 0 aliphatic carbocycles. The number of oxazole rings is 1. The van der Waals surface area contributed by atoms with Crippen LogP contribution in [0.4, 0.5) is 0 Å². The summed E-state index contributed by atoms with van der Waals surface area (Å²) in [6.07, 6.45) is 0. The molecule has 0 saturated carbocycles. The maximum absolute atomic E-state index is 10.2. The molecule has 1 aliphatic rings. The Morgan fingerprint density at radius 2 is 1.91 bits per heavy atom. The number of quaternary nitrogens is 1. The zero-order valence-corrected chi connectivity index (χ0v) is 12.8. The van der Waals surface area contributed by atoms with Crippen LogP contribution in [0.15, 0.2) is 46.9 Å². The molecule has 0 amide bonds. The number of rotatable bonds is 3. The molecule has 5 nitrogen and oxygen atoms in total. The molecule has 0 atom stereocenters. The maximum atomic E-state index is 10.2. The topological polar surface area (TPSA) is 59.9 Å². The van der Waals surface area contributed by atoms with Gasteiger partial charge in [0.25, 0.3) is 0 Å². The van der Waals surface area contributed by atoms with Gasteiger partial charge in [0.2, 0.25) is 5.89 Å². The molecule has 2 N–H and O–H groups in total. The molecular weight excluding hydrogens is 292 g/mol. The van der Waals surface area contributed by atoms with Gasteiger partial charge in [-0.25, -0.2) is 4.98 Å². The average Bonchev–Trinajstić information content (AvgIpc) is 3.02. The third-order valence-corrected chi connectivity index (χ3v) is 4.26. The highest BCUT2D eigenvalue weighted by Crippen LogP contribution is 2.27. The van der Waals surface area contributed by atoms with Gasteiger partial charge in [-0.2, -0.15) is 0 Å². The molecule has 1 saturated heterocycles. The molecule has 1 aromatic heterocycles. The number of phenols is 1. The summed E-state index contributed by atoms with van der Waals surface area (Å²) < 4.78 is 11.2. The van der Waals surface area contributed by atoms with E-state index in [4.69, 9.17) is 9.15 Å². The van der Waals surface area contributed by atoms with Crippen molar-refractivity contribution in [1.29, 1.82) is 0 Å². The number of hydrogen-bond acceptors (Lipinski definition) is 4. The zero-order valence-electron chi connectivity index (χ0n) is 12.8. The molecule has 0 spiro atoms. The molecule has 4 rings (SSSR count). The summed E-state index contributed by atoms with van der Waals surface area (Å²) in [6, 6.07) is 13.3. The van der Waals surface area contributed by atoms with E-state index in [0.717, 1.165) is 55.1 Å². The predicted octanol–water partition coefficient (Wildman–Crippen LogP) is 1.62. The van der Waals surface area contributed by atoms with E-state index in [9.17, 15) is 5.11 Å². The Kier molecular flexibility index (Phi) is 3.73. The molecule has 2 heterocycles. The van der Waals surface area contributed by atoms with E-state index in [0.29, 0.717) is 11.6 Å². The Hall–Kier alpha value is -2.37. The van der Waals surface area contributed by atoms with E-state index in [1.807, 2.05) is 36.4 Å². The van der Waals surface area contributed by atoms with Crippen molar-refractivity contribution < 1.29 is 19.2 Å². The highest BCUT2D eigenvalue weighted by Gasteiger charge is 2.17. The first-order valence-corrected chi connectivity index (χ1v) is 7.89. The lowest BCUT2D eigenvalue weighted by atomic mass is 10.1. The zero-order chi connectivity index (χ0) is 15.6. The second kappa shape index (κ2) is 6.02. The third-order valence-electron chi connectivity index (χ3n) is 4.26. The smallest absolute Gasteiger partial charge is 0.227 e. The van der Waals surface area contributed by atoms with Crippen molar-refractivity contribution in [2.24, 2.45) is 0 Å². The summed E-state index contributed by atoms with van der Waals surface area (Å²) in [5.74, 6) is 0.910. The van der Waals surface area contributed by atoms with Crippen LogP contribution in [0.25, 0.3) is 22.6 Å². The number of nitrogens with one attached hydrogen (secondary N) is 1. The standard InChI is InChI=1S/C18H18N2O3/c21-16-6-5-13(11-14(16)12-20-7-9-22-10-8-20)18-19-15-3-1-2-4-17(15)23-18/h1-6,11,21H,7-10,12H2/p+1. The summed E-state index contributed by atoms with van der Waals surface area (Å²) in [5.41, 5.74) is 3.43. The summed E-state index contributed by atoms with van der Waals surface area (Å²) in [7, 11) is 0. The van der Waals surface area contributed by atoms with Gasteiger partial charge in [-0.15, -0.1) is 0 Å². The van der Waals surface area contributed by atoms with E-state index in [2.05, 4.69) is 4.98 Å². The number of benzene rings is 2. The Balaban J connectivity index is 1.65. The summed E-state index contributed by atoms with van der Waals surface area (Å²) in [6.45, 7) is 4.27. The van der Waals surface area contributed by atoms with Crippen molar-refractivity contribution in [3.63, 3.8) is 0 Å². The number of aromatic nitrogens is 1. The monoisotopic (exact) mass is 311 g/mol. The van der Waals surface area contributed by atoms with Crippen LogP contribution in [0.3, 0.4) is 0 Å². The molecule has 0 bridgehead atoms. The first-order chi connectivity index (χ1) is 11.3. The van der Waals surface area contributed by atoms with Gasteiger partial charge >= 0.3 is 0 Å². The normalized spacial score (nSPS) is 16.0. The minimum atomic E-state index is 0.323. The summed E-state index contributed by atoms with van der Waals surface area (Å²) >= 11 is 0. The second-order valence-corrected chi connectivity index (χ2v) is 5.87. The highest BCUT2D eigenvalue weighted by molar-refractivity contribution is 5.76. The van der Waals surface area contributed by atoms with Crippen LogP contribution >= 0.6 is 0 Å². The van der Waals surface area contributed by atoms with Crippen LogP contribution in [0, 0.1) is 0 Å². The van der Waals surface area contributed by atoms with E-state index in [1.165, 1.54) is 4.90 Å². The molecule has 3 aromatic rings. The van der Waals surface area contributed by atoms with Gasteiger partial charge in [0.15, 0.2) is 5.58 Å². The number of ether oxygens (including phenoxy) is 1.